The molecule has 1 fully saturated rings. The van der Waals surface area contributed by atoms with Crippen molar-refractivity contribution < 1.29 is 14.3 Å². The molecule has 22 heavy (non-hydrogen) atoms. The van der Waals surface area contributed by atoms with Crippen molar-refractivity contribution in [3.8, 4) is 5.75 Å². The maximum absolute atomic E-state index is 12.2. The molecule has 1 amide bonds. The number of likely N-dealkylation sites (N-methyl/N-ethyl adjacent to an activating group) is 1. The van der Waals surface area contributed by atoms with Gasteiger partial charge in [0, 0.05) is 18.5 Å². The number of phenolic OH excluding ortho intramolecular Hbond substituents is 1. The summed E-state index contributed by atoms with van der Waals surface area (Å²) in [7, 11) is 1.75. The molecule has 1 aliphatic carbocycles. The zero-order valence-corrected chi connectivity index (χ0v) is 13.0. The highest BCUT2D eigenvalue weighted by atomic mass is 16.3. The Hall–Kier alpha value is -2.23. The summed E-state index contributed by atoms with van der Waals surface area (Å²) >= 11 is 0. The predicted octanol–water partition coefficient (Wildman–Crippen LogP) is 3.31. The van der Waals surface area contributed by atoms with Gasteiger partial charge in [0.05, 0.1) is 13.0 Å². The van der Waals surface area contributed by atoms with Crippen LogP contribution in [0.25, 0.3) is 0 Å². The number of carbonyl (C=O) groups excluding carboxylic acids is 1. The fourth-order valence-corrected chi connectivity index (χ4v) is 2.68. The predicted molar refractivity (Wildman–Crippen MR) is 83.5 cm³/mol. The zero-order chi connectivity index (χ0) is 15.7. The molecule has 4 nitrogen and oxygen atoms in total. The first-order valence-corrected chi connectivity index (χ1v) is 7.64. The number of amides is 1. The molecule has 116 valence electrons. The largest absolute Gasteiger partial charge is 0.508 e. The normalized spacial score (nSPS) is 19.9. The molecule has 1 N–H and O–H groups in total. The molecule has 0 saturated heterocycles. The number of rotatable bonds is 5. The Bertz CT molecular complexity index is 676. The Balaban J connectivity index is 1.59. The van der Waals surface area contributed by atoms with E-state index in [0.717, 1.165) is 11.5 Å². The minimum atomic E-state index is -0.0424. The van der Waals surface area contributed by atoms with Gasteiger partial charge in [-0.05, 0) is 30.5 Å². The van der Waals surface area contributed by atoms with Gasteiger partial charge < -0.3 is 14.4 Å². The van der Waals surface area contributed by atoms with E-state index >= 15 is 0 Å². The van der Waals surface area contributed by atoms with Gasteiger partial charge >= 0.3 is 0 Å². The molecule has 0 bridgehead atoms. The van der Waals surface area contributed by atoms with E-state index in [4.69, 9.17) is 4.42 Å². The number of para-hydroxylation sites is 1. The van der Waals surface area contributed by atoms with Crippen LogP contribution < -0.4 is 0 Å². The van der Waals surface area contributed by atoms with Gasteiger partial charge in [0.1, 0.15) is 17.3 Å². The number of hydrogen-bond acceptors (Lipinski definition) is 3. The quantitative estimate of drug-likeness (QED) is 0.921. The van der Waals surface area contributed by atoms with Crippen LogP contribution >= 0.6 is 0 Å². The molecule has 0 radical (unpaired) electrons. The average Bonchev–Trinajstić information content (AvgIpc) is 3.04. The van der Waals surface area contributed by atoms with E-state index in [1.54, 1.807) is 30.1 Å². The summed E-state index contributed by atoms with van der Waals surface area (Å²) in [5.74, 6) is 3.22. The molecule has 3 rings (SSSR count). The van der Waals surface area contributed by atoms with Gasteiger partial charge in [0.25, 0.3) is 0 Å². The first kappa shape index (κ1) is 14.7. The van der Waals surface area contributed by atoms with Gasteiger partial charge in [-0.3, -0.25) is 4.79 Å². The summed E-state index contributed by atoms with van der Waals surface area (Å²) < 4.78 is 5.83. The second-order valence-corrected chi connectivity index (χ2v) is 6.18. The van der Waals surface area contributed by atoms with Crippen molar-refractivity contribution in [1.82, 2.24) is 4.90 Å². The van der Waals surface area contributed by atoms with Crippen molar-refractivity contribution in [2.45, 2.75) is 32.2 Å². The minimum Gasteiger partial charge on any atom is -0.508 e. The van der Waals surface area contributed by atoms with Crippen LogP contribution in [0.2, 0.25) is 0 Å². The Labute approximate surface area is 130 Å². The van der Waals surface area contributed by atoms with Crippen molar-refractivity contribution >= 4 is 5.91 Å². The highest BCUT2D eigenvalue weighted by Gasteiger charge is 2.36. The number of phenols is 1. The fraction of sp³-hybridized carbons (Fsp3) is 0.389. The van der Waals surface area contributed by atoms with Crippen LogP contribution in [0.3, 0.4) is 0 Å². The SMILES string of the molecule is C[C@@H]1C[C@H]1c1ccc(CN(C)C(=O)Cc2ccccc2O)o1. The third-order valence-electron chi connectivity index (χ3n) is 4.31. The molecular formula is C18H21NO3. The third kappa shape index (κ3) is 3.16. The van der Waals surface area contributed by atoms with Crippen LogP contribution in [0.15, 0.2) is 40.8 Å². The lowest BCUT2D eigenvalue weighted by Gasteiger charge is -2.16. The average molecular weight is 299 g/mol. The van der Waals surface area contributed by atoms with Crippen molar-refractivity contribution in [2.75, 3.05) is 7.05 Å². The Morgan fingerprint density at radius 2 is 2.05 bits per heavy atom. The summed E-state index contributed by atoms with van der Waals surface area (Å²) in [6.07, 6.45) is 1.38. The number of nitrogens with zero attached hydrogens (tertiary/aromatic N) is 1. The topological polar surface area (TPSA) is 53.7 Å². The second kappa shape index (κ2) is 5.87. The van der Waals surface area contributed by atoms with E-state index in [0.29, 0.717) is 23.9 Å². The van der Waals surface area contributed by atoms with Crippen molar-refractivity contribution in [3.05, 3.63) is 53.5 Å². The Morgan fingerprint density at radius 3 is 2.73 bits per heavy atom. The molecule has 1 heterocycles. The molecule has 1 aromatic heterocycles. The van der Waals surface area contributed by atoms with E-state index in [1.807, 2.05) is 18.2 Å². The molecule has 4 heteroatoms. The van der Waals surface area contributed by atoms with E-state index in [2.05, 4.69) is 6.92 Å². The summed E-state index contributed by atoms with van der Waals surface area (Å²) in [4.78, 5) is 13.9. The van der Waals surface area contributed by atoms with Crippen LogP contribution in [0.4, 0.5) is 0 Å². The number of hydrogen-bond donors (Lipinski definition) is 1. The Morgan fingerprint density at radius 1 is 1.32 bits per heavy atom. The maximum atomic E-state index is 12.2. The van der Waals surface area contributed by atoms with Gasteiger partial charge in [-0.1, -0.05) is 25.1 Å². The van der Waals surface area contributed by atoms with Gasteiger partial charge in [0.15, 0.2) is 0 Å². The van der Waals surface area contributed by atoms with Crippen LogP contribution in [0, 0.1) is 5.92 Å². The van der Waals surface area contributed by atoms with Gasteiger partial charge in [0.2, 0.25) is 5.91 Å². The molecule has 1 aromatic carbocycles. The van der Waals surface area contributed by atoms with Crippen molar-refractivity contribution in [1.29, 1.82) is 0 Å². The van der Waals surface area contributed by atoms with Crippen molar-refractivity contribution in [2.24, 2.45) is 5.92 Å². The summed E-state index contributed by atoms with van der Waals surface area (Å²) in [5, 5.41) is 9.74. The van der Waals surface area contributed by atoms with E-state index in [1.165, 1.54) is 6.42 Å². The van der Waals surface area contributed by atoms with E-state index in [-0.39, 0.29) is 18.1 Å². The lowest BCUT2D eigenvalue weighted by molar-refractivity contribution is -0.129. The molecule has 0 spiro atoms. The highest BCUT2D eigenvalue weighted by molar-refractivity contribution is 5.79. The van der Waals surface area contributed by atoms with Gasteiger partial charge in [-0.2, -0.15) is 0 Å². The lowest BCUT2D eigenvalue weighted by Crippen LogP contribution is -2.27. The summed E-state index contributed by atoms with van der Waals surface area (Å²) in [6.45, 7) is 2.67. The number of furan rings is 1. The van der Waals surface area contributed by atoms with Gasteiger partial charge in [-0.25, -0.2) is 0 Å². The number of carbonyl (C=O) groups is 1. The highest BCUT2D eigenvalue weighted by Crippen LogP contribution is 2.47. The van der Waals surface area contributed by atoms with Gasteiger partial charge in [-0.15, -0.1) is 0 Å². The fourth-order valence-electron chi connectivity index (χ4n) is 2.68. The van der Waals surface area contributed by atoms with Crippen LogP contribution in [-0.4, -0.2) is 23.0 Å². The second-order valence-electron chi connectivity index (χ2n) is 6.18. The van der Waals surface area contributed by atoms with Crippen LogP contribution in [0.5, 0.6) is 5.75 Å². The lowest BCUT2D eigenvalue weighted by atomic mass is 10.1. The molecule has 0 aliphatic heterocycles. The summed E-state index contributed by atoms with van der Waals surface area (Å²) in [5.41, 5.74) is 0.645. The first-order chi connectivity index (χ1) is 10.5. The van der Waals surface area contributed by atoms with E-state index < -0.39 is 0 Å². The monoisotopic (exact) mass is 299 g/mol. The maximum Gasteiger partial charge on any atom is 0.227 e. The molecule has 0 unspecified atom stereocenters. The first-order valence-electron chi connectivity index (χ1n) is 7.64. The number of aromatic hydroxyl groups is 1. The molecule has 1 aliphatic rings. The smallest absolute Gasteiger partial charge is 0.227 e. The minimum absolute atomic E-state index is 0.0424. The standard InChI is InChI=1S/C18H21NO3/c1-12-9-15(12)17-8-7-14(22-17)11-19(2)18(21)10-13-5-3-4-6-16(13)20/h3-8,12,15,20H,9-11H2,1-2H3/t12-,15-/m1/s1. The summed E-state index contributed by atoms with van der Waals surface area (Å²) in [6, 6.07) is 10.9. The van der Waals surface area contributed by atoms with Crippen LogP contribution in [0.1, 0.15) is 36.3 Å². The van der Waals surface area contributed by atoms with E-state index in [9.17, 15) is 9.90 Å². The zero-order valence-electron chi connectivity index (χ0n) is 13.0. The Kier molecular flexibility index (Phi) is 3.92. The van der Waals surface area contributed by atoms with Crippen LogP contribution in [-0.2, 0) is 17.8 Å². The molecule has 2 atom stereocenters. The third-order valence-corrected chi connectivity index (χ3v) is 4.31. The van der Waals surface area contributed by atoms with Crippen molar-refractivity contribution in [3.63, 3.8) is 0 Å². The molecular weight excluding hydrogens is 278 g/mol. The number of benzene rings is 1. The molecule has 1 saturated carbocycles. The molecule has 2 aromatic rings.